The van der Waals surface area contributed by atoms with E-state index in [1.807, 2.05) is 49.4 Å². The Kier molecular flexibility index (Phi) is 4.81. The largest absolute Gasteiger partial charge is 0.361 e. The van der Waals surface area contributed by atoms with E-state index in [-0.39, 0.29) is 5.56 Å². The first kappa shape index (κ1) is 17.5. The molecule has 2 aromatic carbocycles. The number of nitrogens with zero attached hydrogens (tertiary/aromatic N) is 3. The van der Waals surface area contributed by atoms with Gasteiger partial charge in [-0.2, -0.15) is 0 Å². The van der Waals surface area contributed by atoms with Gasteiger partial charge in [0.1, 0.15) is 5.76 Å². The number of hydrogen-bond acceptors (Lipinski definition) is 5. The van der Waals surface area contributed by atoms with Gasteiger partial charge in [-0.15, -0.1) is 0 Å². The molecule has 0 N–H and O–H groups in total. The van der Waals surface area contributed by atoms with Crippen molar-refractivity contribution in [1.82, 2.24) is 14.7 Å². The third kappa shape index (κ3) is 3.80. The van der Waals surface area contributed by atoms with E-state index in [4.69, 9.17) is 9.51 Å². The zero-order valence-electron chi connectivity index (χ0n) is 15.2. The SMILES string of the molecule is Cc1ccc(Cn2c(SCc3cc(C)on3)nc3ccccc3c2=O)cc1. The summed E-state index contributed by atoms with van der Waals surface area (Å²) in [5, 5.41) is 5.34. The molecule has 2 heterocycles. The van der Waals surface area contributed by atoms with Gasteiger partial charge in [-0.25, -0.2) is 4.98 Å². The second kappa shape index (κ2) is 7.40. The number of fused-ring (bicyclic) bond motifs is 1. The van der Waals surface area contributed by atoms with E-state index in [1.54, 1.807) is 4.57 Å². The Balaban J connectivity index is 1.74. The average Bonchev–Trinajstić information content (AvgIpc) is 3.09. The maximum Gasteiger partial charge on any atom is 0.262 e. The van der Waals surface area contributed by atoms with Crippen molar-refractivity contribution in [2.75, 3.05) is 0 Å². The Morgan fingerprint density at radius 2 is 1.85 bits per heavy atom. The number of benzene rings is 2. The molecule has 5 nitrogen and oxygen atoms in total. The first-order valence-electron chi connectivity index (χ1n) is 8.70. The molecule has 0 bridgehead atoms. The molecule has 4 aromatic rings. The van der Waals surface area contributed by atoms with Crippen LogP contribution in [0.25, 0.3) is 10.9 Å². The fourth-order valence-electron chi connectivity index (χ4n) is 2.90. The van der Waals surface area contributed by atoms with E-state index < -0.39 is 0 Å². The molecule has 0 atom stereocenters. The zero-order valence-corrected chi connectivity index (χ0v) is 16.0. The highest BCUT2D eigenvalue weighted by atomic mass is 32.2. The van der Waals surface area contributed by atoms with Crippen molar-refractivity contribution in [1.29, 1.82) is 0 Å². The molecular formula is C21H19N3O2S. The van der Waals surface area contributed by atoms with E-state index in [0.717, 1.165) is 17.0 Å². The Morgan fingerprint density at radius 1 is 1.07 bits per heavy atom. The highest BCUT2D eigenvalue weighted by molar-refractivity contribution is 7.98. The molecule has 27 heavy (non-hydrogen) atoms. The van der Waals surface area contributed by atoms with Crippen LogP contribution in [-0.2, 0) is 12.3 Å². The predicted octanol–water partition coefficient (Wildman–Crippen LogP) is 4.34. The van der Waals surface area contributed by atoms with Crippen molar-refractivity contribution in [3.63, 3.8) is 0 Å². The van der Waals surface area contributed by atoms with Crippen molar-refractivity contribution in [2.24, 2.45) is 0 Å². The molecule has 0 saturated heterocycles. The van der Waals surface area contributed by atoms with E-state index >= 15 is 0 Å². The van der Waals surface area contributed by atoms with E-state index in [1.165, 1.54) is 17.3 Å². The minimum atomic E-state index is -0.0278. The molecule has 0 fully saturated rings. The molecule has 0 aliphatic heterocycles. The van der Waals surface area contributed by atoms with Gasteiger partial charge in [-0.3, -0.25) is 9.36 Å². The van der Waals surface area contributed by atoms with Crippen LogP contribution in [0.2, 0.25) is 0 Å². The Morgan fingerprint density at radius 3 is 2.59 bits per heavy atom. The summed E-state index contributed by atoms with van der Waals surface area (Å²) < 4.78 is 6.87. The van der Waals surface area contributed by atoms with Crippen LogP contribution in [0, 0.1) is 13.8 Å². The summed E-state index contributed by atoms with van der Waals surface area (Å²) in [6.07, 6.45) is 0. The fourth-order valence-corrected chi connectivity index (χ4v) is 3.78. The van der Waals surface area contributed by atoms with E-state index in [2.05, 4.69) is 24.2 Å². The summed E-state index contributed by atoms with van der Waals surface area (Å²) in [7, 11) is 0. The lowest BCUT2D eigenvalue weighted by molar-refractivity contribution is 0.393. The van der Waals surface area contributed by atoms with Gasteiger partial charge in [0.15, 0.2) is 5.16 Å². The van der Waals surface area contributed by atoms with Crippen molar-refractivity contribution in [3.05, 3.63) is 87.5 Å². The number of hydrogen-bond donors (Lipinski definition) is 0. The highest BCUT2D eigenvalue weighted by Crippen LogP contribution is 2.23. The minimum Gasteiger partial charge on any atom is -0.361 e. The number of para-hydroxylation sites is 1. The van der Waals surface area contributed by atoms with Gasteiger partial charge in [0.2, 0.25) is 0 Å². The van der Waals surface area contributed by atoms with Crippen molar-refractivity contribution < 1.29 is 4.52 Å². The molecule has 2 aromatic heterocycles. The summed E-state index contributed by atoms with van der Waals surface area (Å²) >= 11 is 1.49. The van der Waals surface area contributed by atoms with Gasteiger partial charge in [-0.1, -0.05) is 58.9 Å². The van der Waals surface area contributed by atoms with Crippen LogP contribution in [0.4, 0.5) is 0 Å². The maximum atomic E-state index is 13.1. The normalized spacial score (nSPS) is 11.2. The second-order valence-corrected chi connectivity index (χ2v) is 7.45. The van der Waals surface area contributed by atoms with Crippen molar-refractivity contribution >= 4 is 22.7 Å². The van der Waals surface area contributed by atoms with Crippen LogP contribution in [0.5, 0.6) is 0 Å². The molecule has 136 valence electrons. The third-order valence-corrected chi connectivity index (χ3v) is 5.32. The average molecular weight is 377 g/mol. The van der Waals surface area contributed by atoms with Crippen molar-refractivity contribution in [2.45, 2.75) is 31.3 Å². The van der Waals surface area contributed by atoms with Crippen molar-refractivity contribution in [3.8, 4) is 0 Å². The van der Waals surface area contributed by atoms with Crippen LogP contribution in [0.15, 0.2) is 69.1 Å². The quantitative estimate of drug-likeness (QED) is 0.382. The fraction of sp³-hybridized carbons (Fsp3) is 0.190. The van der Waals surface area contributed by atoms with Gasteiger partial charge < -0.3 is 4.52 Å². The van der Waals surface area contributed by atoms with Crippen LogP contribution < -0.4 is 5.56 Å². The molecule has 0 aliphatic carbocycles. The number of aryl methyl sites for hydroxylation is 2. The zero-order chi connectivity index (χ0) is 18.8. The van der Waals surface area contributed by atoms with Crippen LogP contribution in [0.1, 0.15) is 22.6 Å². The Labute approximate surface area is 161 Å². The highest BCUT2D eigenvalue weighted by Gasteiger charge is 2.13. The van der Waals surface area contributed by atoms with Gasteiger partial charge in [-0.05, 0) is 31.5 Å². The lowest BCUT2D eigenvalue weighted by atomic mass is 10.1. The molecule has 0 unspecified atom stereocenters. The summed E-state index contributed by atoms with van der Waals surface area (Å²) in [6, 6.07) is 17.6. The summed E-state index contributed by atoms with van der Waals surface area (Å²) in [5.41, 5.74) is 3.78. The van der Waals surface area contributed by atoms with Gasteiger partial charge in [0.05, 0.1) is 23.1 Å². The Bertz CT molecular complexity index is 1150. The first-order chi connectivity index (χ1) is 13.1. The molecule has 0 radical (unpaired) electrons. The number of aromatic nitrogens is 3. The molecule has 0 aliphatic rings. The van der Waals surface area contributed by atoms with Crippen LogP contribution in [-0.4, -0.2) is 14.7 Å². The summed E-state index contributed by atoms with van der Waals surface area (Å²) in [6.45, 7) is 4.40. The molecule has 4 rings (SSSR count). The number of thioether (sulfide) groups is 1. The van der Waals surface area contributed by atoms with Crippen LogP contribution >= 0.6 is 11.8 Å². The van der Waals surface area contributed by atoms with Gasteiger partial charge in [0.25, 0.3) is 5.56 Å². The van der Waals surface area contributed by atoms with Gasteiger partial charge in [0, 0.05) is 11.8 Å². The number of rotatable bonds is 5. The Hall–Kier alpha value is -2.86. The van der Waals surface area contributed by atoms with E-state index in [0.29, 0.717) is 28.4 Å². The smallest absolute Gasteiger partial charge is 0.262 e. The standard InChI is InChI=1S/C21H19N3O2S/c1-14-7-9-16(10-8-14)12-24-20(25)18-5-3-4-6-19(18)22-21(24)27-13-17-11-15(2)26-23-17/h3-11H,12-13H2,1-2H3. The topological polar surface area (TPSA) is 60.9 Å². The lowest BCUT2D eigenvalue weighted by Crippen LogP contribution is -2.24. The lowest BCUT2D eigenvalue weighted by Gasteiger charge is -2.13. The molecule has 6 heteroatoms. The van der Waals surface area contributed by atoms with Crippen LogP contribution in [0.3, 0.4) is 0 Å². The van der Waals surface area contributed by atoms with E-state index in [9.17, 15) is 4.79 Å². The summed E-state index contributed by atoms with van der Waals surface area (Å²) in [5.74, 6) is 1.37. The minimum absolute atomic E-state index is 0.0278. The summed E-state index contributed by atoms with van der Waals surface area (Å²) in [4.78, 5) is 17.9. The maximum absolute atomic E-state index is 13.1. The monoisotopic (exact) mass is 377 g/mol. The van der Waals surface area contributed by atoms with Gasteiger partial charge >= 0.3 is 0 Å². The first-order valence-corrected chi connectivity index (χ1v) is 9.69. The third-order valence-electron chi connectivity index (χ3n) is 4.31. The second-order valence-electron chi connectivity index (χ2n) is 6.51. The molecule has 0 saturated carbocycles. The molecular weight excluding hydrogens is 358 g/mol. The predicted molar refractivity (Wildman–Crippen MR) is 107 cm³/mol. The molecule has 0 amide bonds. The molecule has 0 spiro atoms.